The molecule has 6 nitrogen and oxygen atoms in total. The number of hydrogen-bond donors (Lipinski definition) is 3. The van der Waals surface area contributed by atoms with Crippen molar-refractivity contribution in [3.8, 4) is 11.5 Å². The number of guanidine groups is 1. The molecule has 0 saturated carbocycles. The molecule has 0 aromatic heterocycles. The van der Waals surface area contributed by atoms with Crippen LogP contribution in [-0.2, 0) is 6.42 Å². The highest BCUT2D eigenvalue weighted by molar-refractivity contribution is 14.0. The Morgan fingerprint density at radius 2 is 1.85 bits per heavy atom. The molecule has 0 saturated heterocycles. The summed E-state index contributed by atoms with van der Waals surface area (Å²) in [5, 5.41) is 16.8. The van der Waals surface area contributed by atoms with Gasteiger partial charge in [0.2, 0.25) is 0 Å². The average molecular weight is 492 g/mol. The number of phenols is 1. The van der Waals surface area contributed by atoms with Crippen molar-refractivity contribution in [3.63, 3.8) is 0 Å². The Morgan fingerprint density at radius 3 is 2.41 bits per heavy atom. The third-order valence-corrected chi connectivity index (χ3v) is 4.29. The summed E-state index contributed by atoms with van der Waals surface area (Å²) in [6.07, 6.45) is 0.692. The molecule has 0 amide bonds. The van der Waals surface area contributed by atoms with Gasteiger partial charge in [-0.25, -0.2) is 0 Å². The maximum atomic E-state index is 10.2. The van der Waals surface area contributed by atoms with E-state index in [1.165, 1.54) is 0 Å². The predicted molar refractivity (Wildman–Crippen MR) is 125 cm³/mol. The Kier molecular flexibility index (Phi) is 13.2. The Morgan fingerprint density at radius 1 is 1.19 bits per heavy atom. The van der Waals surface area contributed by atoms with Gasteiger partial charge in [-0.05, 0) is 52.7 Å². The van der Waals surface area contributed by atoms with Crippen molar-refractivity contribution in [1.82, 2.24) is 15.5 Å². The predicted octanol–water partition coefficient (Wildman–Crippen LogP) is 3.24. The van der Waals surface area contributed by atoms with Gasteiger partial charge in [-0.2, -0.15) is 0 Å². The van der Waals surface area contributed by atoms with Gasteiger partial charge in [0.25, 0.3) is 0 Å². The van der Waals surface area contributed by atoms with Crippen molar-refractivity contribution in [1.29, 1.82) is 0 Å². The maximum absolute atomic E-state index is 10.2. The number of aromatic hydroxyl groups is 1. The Balaban J connectivity index is 0.00000676. The molecule has 156 valence electrons. The number of rotatable bonds is 10. The van der Waals surface area contributed by atoms with Gasteiger partial charge < -0.3 is 20.5 Å². The number of aliphatic imine (C=N–C) groups is 1. The van der Waals surface area contributed by atoms with Crippen LogP contribution >= 0.6 is 24.0 Å². The van der Waals surface area contributed by atoms with Gasteiger partial charge in [-0.3, -0.25) is 9.89 Å². The smallest absolute Gasteiger partial charge is 0.191 e. The number of benzene rings is 1. The van der Waals surface area contributed by atoms with E-state index in [9.17, 15) is 5.11 Å². The van der Waals surface area contributed by atoms with Crippen LogP contribution in [0.15, 0.2) is 23.2 Å². The summed E-state index contributed by atoms with van der Waals surface area (Å²) in [6.45, 7) is 14.1. The summed E-state index contributed by atoms with van der Waals surface area (Å²) in [5.41, 5.74) is 0.860. The molecule has 0 aliphatic heterocycles. The SMILES string of the molecule is CCNC(=NCCN(C(C)C)C(C)C)NCCc1cccc(OC)c1O.I. The molecule has 0 radical (unpaired) electrons. The summed E-state index contributed by atoms with van der Waals surface area (Å²) in [7, 11) is 1.56. The molecule has 1 rings (SSSR count). The van der Waals surface area contributed by atoms with Gasteiger partial charge in [0.1, 0.15) is 0 Å². The van der Waals surface area contributed by atoms with Crippen LogP contribution in [0.3, 0.4) is 0 Å². The van der Waals surface area contributed by atoms with Crippen LogP contribution < -0.4 is 15.4 Å². The molecule has 1 aromatic carbocycles. The fourth-order valence-electron chi connectivity index (χ4n) is 2.98. The lowest BCUT2D eigenvalue weighted by Gasteiger charge is -2.29. The number of phenolic OH excluding ortho intramolecular Hbond substituents is 1. The highest BCUT2D eigenvalue weighted by Crippen LogP contribution is 2.29. The molecule has 0 unspecified atom stereocenters. The molecule has 0 aliphatic rings. The first-order chi connectivity index (χ1) is 12.4. The molecule has 0 fully saturated rings. The monoisotopic (exact) mass is 492 g/mol. The van der Waals surface area contributed by atoms with Gasteiger partial charge in [0, 0.05) is 31.7 Å². The minimum atomic E-state index is 0. The summed E-state index contributed by atoms with van der Waals surface area (Å²) in [6, 6.07) is 6.58. The molecular weight excluding hydrogens is 455 g/mol. The molecule has 0 aliphatic carbocycles. The number of para-hydroxylation sites is 1. The zero-order valence-electron chi connectivity index (χ0n) is 17.6. The second-order valence-corrected chi connectivity index (χ2v) is 6.83. The molecular formula is C20H37IN4O2. The third kappa shape index (κ3) is 9.01. The van der Waals surface area contributed by atoms with Crippen molar-refractivity contribution < 1.29 is 9.84 Å². The minimum absolute atomic E-state index is 0. The van der Waals surface area contributed by atoms with E-state index in [0.717, 1.165) is 31.2 Å². The largest absolute Gasteiger partial charge is 0.504 e. The first kappa shape index (κ1) is 25.8. The normalized spacial score (nSPS) is 11.7. The average Bonchev–Trinajstić information content (AvgIpc) is 2.59. The van der Waals surface area contributed by atoms with Crippen LogP contribution in [0.25, 0.3) is 0 Å². The van der Waals surface area contributed by atoms with Gasteiger partial charge in [0.05, 0.1) is 13.7 Å². The standard InChI is InChI=1S/C20H36N4O2.HI/c1-7-21-20(23-13-14-24(15(2)3)16(4)5)22-12-11-17-9-8-10-18(26-6)19(17)25;/h8-10,15-16,25H,7,11-14H2,1-6H3,(H2,21,22,23);1H. The number of nitrogens with zero attached hydrogens (tertiary/aromatic N) is 2. The highest BCUT2D eigenvalue weighted by Gasteiger charge is 2.12. The number of hydrogen-bond acceptors (Lipinski definition) is 4. The minimum Gasteiger partial charge on any atom is -0.504 e. The zero-order valence-corrected chi connectivity index (χ0v) is 19.9. The van der Waals surface area contributed by atoms with Crippen LogP contribution in [0.4, 0.5) is 0 Å². The van der Waals surface area contributed by atoms with E-state index in [-0.39, 0.29) is 29.7 Å². The van der Waals surface area contributed by atoms with Gasteiger partial charge in [-0.1, -0.05) is 12.1 Å². The summed E-state index contributed by atoms with van der Waals surface area (Å²) in [4.78, 5) is 7.10. The molecule has 0 spiro atoms. The lowest BCUT2D eigenvalue weighted by atomic mass is 10.1. The van der Waals surface area contributed by atoms with Gasteiger partial charge in [-0.15, -0.1) is 24.0 Å². The zero-order chi connectivity index (χ0) is 19.5. The Hall–Kier alpha value is -1.22. The van der Waals surface area contributed by atoms with E-state index < -0.39 is 0 Å². The van der Waals surface area contributed by atoms with Crippen LogP contribution in [0.2, 0.25) is 0 Å². The molecule has 0 bridgehead atoms. The number of methoxy groups -OCH3 is 1. The van der Waals surface area contributed by atoms with Crippen molar-refractivity contribution in [2.75, 3.05) is 33.3 Å². The molecule has 0 heterocycles. The number of halogens is 1. The topological polar surface area (TPSA) is 69.1 Å². The van der Waals surface area contributed by atoms with Crippen LogP contribution in [-0.4, -0.2) is 61.3 Å². The molecule has 3 N–H and O–H groups in total. The Labute approximate surface area is 181 Å². The first-order valence-corrected chi connectivity index (χ1v) is 9.53. The van der Waals surface area contributed by atoms with E-state index in [1.807, 2.05) is 12.1 Å². The second kappa shape index (κ2) is 13.9. The van der Waals surface area contributed by atoms with Crippen LogP contribution in [0, 0.1) is 0 Å². The van der Waals surface area contributed by atoms with Crippen molar-refractivity contribution in [2.45, 2.75) is 53.1 Å². The van der Waals surface area contributed by atoms with Crippen molar-refractivity contribution >= 4 is 29.9 Å². The van der Waals surface area contributed by atoms with E-state index in [4.69, 9.17) is 4.74 Å². The number of nitrogens with one attached hydrogen (secondary N) is 2. The second-order valence-electron chi connectivity index (χ2n) is 6.83. The van der Waals surface area contributed by atoms with E-state index in [2.05, 4.69) is 55.1 Å². The van der Waals surface area contributed by atoms with Gasteiger partial charge >= 0.3 is 0 Å². The van der Waals surface area contributed by atoms with Crippen molar-refractivity contribution in [2.24, 2.45) is 4.99 Å². The first-order valence-electron chi connectivity index (χ1n) is 9.53. The lowest BCUT2D eigenvalue weighted by molar-refractivity contribution is 0.181. The molecule has 7 heteroatoms. The van der Waals surface area contributed by atoms with Crippen LogP contribution in [0.1, 0.15) is 40.2 Å². The Bertz CT molecular complexity index is 557. The van der Waals surface area contributed by atoms with Crippen LogP contribution in [0.5, 0.6) is 11.5 Å². The molecule has 0 atom stereocenters. The maximum Gasteiger partial charge on any atom is 0.191 e. The number of ether oxygens (including phenoxy) is 1. The molecule has 27 heavy (non-hydrogen) atoms. The van der Waals surface area contributed by atoms with Gasteiger partial charge in [0.15, 0.2) is 17.5 Å². The van der Waals surface area contributed by atoms with E-state index in [0.29, 0.717) is 30.8 Å². The lowest BCUT2D eigenvalue weighted by Crippen LogP contribution is -2.41. The quantitative estimate of drug-likeness (QED) is 0.266. The third-order valence-electron chi connectivity index (χ3n) is 4.29. The highest BCUT2D eigenvalue weighted by atomic mass is 127. The van der Waals surface area contributed by atoms with Crippen molar-refractivity contribution in [3.05, 3.63) is 23.8 Å². The summed E-state index contributed by atoms with van der Waals surface area (Å²) < 4.78 is 5.15. The molecule has 1 aromatic rings. The summed E-state index contributed by atoms with van der Waals surface area (Å²) in [5.74, 6) is 1.52. The van der Waals surface area contributed by atoms with E-state index in [1.54, 1.807) is 13.2 Å². The van der Waals surface area contributed by atoms with E-state index >= 15 is 0 Å². The summed E-state index contributed by atoms with van der Waals surface area (Å²) >= 11 is 0. The fraction of sp³-hybridized carbons (Fsp3) is 0.650. The fourth-order valence-corrected chi connectivity index (χ4v) is 2.98.